The van der Waals surface area contributed by atoms with Gasteiger partial charge in [-0.25, -0.2) is 4.79 Å². The molecule has 1 aromatic heterocycles. The van der Waals surface area contributed by atoms with Crippen LogP contribution in [0.15, 0.2) is 18.3 Å². The van der Waals surface area contributed by atoms with Gasteiger partial charge in [0, 0.05) is 38.6 Å². The molecular weight excluding hydrogens is 252 g/mol. The molecule has 112 valence electrons. The van der Waals surface area contributed by atoms with Crippen LogP contribution in [0.4, 0.5) is 4.79 Å². The lowest BCUT2D eigenvalue weighted by Gasteiger charge is -2.20. The number of likely N-dealkylation sites (tertiary alicyclic amines) is 1. The summed E-state index contributed by atoms with van der Waals surface area (Å²) in [5.74, 6) is 0.612. The highest BCUT2D eigenvalue weighted by Crippen LogP contribution is 2.17. The van der Waals surface area contributed by atoms with Crippen LogP contribution in [0.3, 0.4) is 0 Å². The number of hydrogen-bond acceptors (Lipinski definition) is 2. The molecule has 1 atom stereocenters. The Labute approximate surface area is 121 Å². The monoisotopic (exact) mass is 278 g/mol. The normalized spacial score (nSPS) is 18.8. The third-order valence-corrected chi connectivity index (χ3v) is 4.15. The Balaban J connectivity index is 1.75. The van der Waals surface area contributed by atoms with Gasteiger partial charge in [-0.05, 0) is 38.1 Å². The first kappa shape index (κ1) is 14.9. The molecule has 2 amide bonds. The second kappa shape index (κ2) is 6.79. The minimum atomic E-state index is 0.0628. The maximum atomic E-state index is 12.1. The molecular formula is C15H26N4O. The fourth-order valence-corrected chi connectivity index (χ4v) is 2.69. The van der Waals surface area contributed by atoms with E-state index in [0.29, 0.717) is 12.5 Å². The Kier molecular flexibility index (Phi) is 5.06. The number of aryl methyl sites for hydroxylation is 1. The maximum Gasteiger partial charge on any atom is 0.317 e. The maximum absolute atomic E-state index is 12.1. The van der Waals surface area contributed by atoms with Gasteiger partial charge in [-0.3, -0.25) is 0 Å². The molecule has 5 heteroatoms. The number of aromatic nitrogens is 1. The van der Waals surface area contributed by atoms with Crippen molar-refractivity contribution in [2.24, 2.45) is 13.0 Å². The lowest BCUT2D eigenvalue weighted by molar-refractivity contribution is 0.204. The number of carbonyl (C=O) groups is 1. The van der Waals surface area contributed by atoms with Crippen LogP contribution in [-0.4, -0.2) is 53.6 Å². The quantitative estimate of drug-likeness (QED) is 0.887. The average Bonchev–Trinajstić information content (AvgIpc) is 3.05. The highest BCUT2D eigenvalue weighted by atomic mass is 16.2. The van der Waals surface area contributed by atoms with Crippen LogP contribution in [0.2, 0.25) is 0 Å². The number of amides is 2. The van der Waals surface area contributed by atoms with E-state index < -0.39 is 0 Å². The largest absolute Gasteiger partial charge is 0.353 e. The summed E-state index contributed by atoms with van der Waals surface area (Å²) < 4.78 is 2.03. The predicted octanol–water partition coefficient (Wildman–Crippen LogP) is 1.51. The first-order chi connectivity index (χ1) is 9.60. The molecule has 1 aliphatic heterocycles. The van der Waals surface area contributed by atoms with Crippen molar-refractivity contribution in [2.75, 3.05) is 33.2 Å². The van der Waals surface area contributed by atoms with Gasteiger partial charge >= 0.3 is 6.03 Å². The average molecular weight is 278 g/mol. The number of nitrogens with one attached hydrogen (secondary N) is 1. The molecule has 2 rings (SSSR count). The molecule has 0 saturated carbocycles. The van der Waals surface area contributed by atoms with Gasteiger partial charge in [0.05, 0.1) is 6.54 Å². The lowest BCUT2D eigenvalue weighted by Crippen LogP contribution is -2.39. The second-order valence-electron chi connectivity index (χ2n) is 5.72. The Bertz CT molecular complexity index is 443. The minimum absolute atomic E-state index is 0.0628. The molecule has 1 saturated heterocycles. The summed E-state index contributed by atoms with van der Waals surface area (Å²) in [5.41, 5.74) is 1.12. The summed E-state index contributed by atoms with van der Waals surface area (Å²) in [6.07, 6.45) is 3.11. The summed E-state index contributed by atoms with van der Waals surface area (Å²) in [4.78, 5) is 16.4. The van der Waals surface area contributed by atoms with Crippen molar-refractivity contribution >= 4 is 6.03 Å². The number of nitrogens with zero attached hydrogens (tertiary/aromatic N) is 3. The van der Waals surface area contributed by atoms with E-state index in [1.54, 1.807) is 0 Å². The third kappa shape index (κ3) is 3.76. The van der Waals surface area contributed by atoms with Gasteiger partial charge in [0.1, 0.15) is 0 Å². The molecule has 1 N–H and O–H groups in total. The minimum Gasteiger partial charge on any atom is -0.353 e. The highest BCUT2D eigenvalue weighted by molar-refractivity contribution is 5.74. The molecule has 0 radical (unpaired) electrons. The molecule has 1 aromatic rings. The van der Waals surface area contributed by atoms with Crippen LogP contribution in [-0.2, 0) is 13.6 Å². The standard InChI is InChI=1S/C15H26N4O/c1-4-17(2)11-13-7-9-19(12-13)15(20)16-10-14-6-5-8-18(14)3/h5-6,8,13H,4,7,9-12H2,1-3H3,(H,16,20). The van der Waals surface area contributed by atoms with Gasteiger partial charge in [0.2, 0.25) is 0 Å². The number of rotatable bonds is 5. The molecule has 1 fully saturated rings. The first-order valence-electron chi connectivity index (χ1n) is 7.41. The zero-order valence-electron chi connectivity index (χ0n) is 12.8. The molecule has 0 bridgehead atoms. The van der Waals surface area contributed by atoms with Gasteiger partial charge < -0.3 is 19.7 Å². The molecule has 0 aromatic carbocycles. The zero-order chi connectivity index (χ0) is 14.5. The third-order valence-electron chi connectivity index (χ3n) is 4.15. The van der Waals surface area contributed by atoms with Crippen molar-refractivity contribution in [3.63, 3.8) is 0 Å². The van der Waals surface area contributed by atoms with E-state index in [4.69, 9.17) is 0 Å². The van der Waals surface area contributed by atoms with Gasteiger partial charge in [0.15, 0.2) is 0 Å². The molecule has 1 aliphatic rings. The molecule has 0 spiro atoms. The molecule has 20 heavy (non-hydrogen) atoms. The van der Waals surface area contributed by atoms with E-state index in [2.05, 4.69) is 24.2 Å². The fraction of sp³-hybridized carbons (Fsp3) is 0.667. The van der Waals surface area contributed by atoms with Crippen molar-refractivity contribution in [1.82, 2.24) is 19.7 Å². The van der Waals surface area contributed by atoms with Crippen molar-refractivity contribution in [3.05, 3.63) is 24.0 Å². The highest BCUT2D eigenvalue weighted by Gasteiger charge is 2.26. The SMILES string of the molecule is CCN(C)CC1CCN(C(=O)NCc2cccn2C)C1. The Hall–Kier alpha value is -1.49. The van der Waals surface area contributed by atoms with Crippen molar-refractivity contribution in [2.45, 2.75) is 19.9 Å². The van der Waals surface area contributed by atoms with Gasteiger partial charge in [-0.2, -0.15) is 0 Å². The first-order valence-corrected chi connectivity index (χ1v) is 7.41. The molecule has 2 heterocycles. The Morgan fingerprint density at radius 3 is 3.00 bits per heavy atom. The Morgan fingerprint density at radius 2 is 2.35 bits per heavy atom. The van der Waals surface area contributed by atoms with Gasteiger partial charge in [0.25, 0.3) is 0 Å². The summed E-state index contributed by atoms with van der Waals surface area (Å²) >= 11 is 0. The van der Waals surface area contributed by atoms with E-state index in [1.165, 1.54) is 0 Å². The lowest BCUT2D eigenvalue weighted by atomic mass is 10.1. The van der Waals surface area contributed by atoms with Crippen molar-refractivity contribution < 1.29 is 4.79 Å². The van der Waals surface area contributed by atoms with Gasteiger partial charge in [-0.1, -0.05) is 6.92 Å². The van der Waals surface area contributed by atoms with Crippen molar-refractivity contribution in [3.8, 4) is 0 Å². The van der Waals surface area contributed by atoms with Crippen LogP contribution in [0.5, 0.6) is 0 Å². The van der Waals surface area contributed by atoms with Crippen molar-refractivity contribution in [1.29, 1.82) is 0 Å². The van der Waals surface area contributed by atoms with Crippen LogP contribution < -0.4 is 5.32 Å². The summed E-state index contributed by atoms with van der Waals surface area (Å²) in [7, 11) is 4.13. The van der Waals surface area contributed by atoms with E-state index in [9.17, 15) is 4.79 Å². The van der Waals surface area contributed by atoms with E-state index in [-0.39, 0.29) is 6.03 Å². The van der Waals surface area contributed by atoms with E-state index in [1.807, 2.05) is 34.8 Å². The Morgan fingerprint density at radius 1 is 1.55 bits per heavy atom. The predicted molar refractivity (Wildman–Crippen MR) is 80.5 cm³/mol. The van der Waals surface area contributed by atoms with E-state index >= 15 is 0 Å². The van der Waals surface area contributed by atoms with E-state index in [0.717, 1.165) is 38.3 Å². The number of urea groups is 1. The topological polar surface area (TPSA) is 40.5 Å². The van der Waals surface area contributed by atoms with Crippen LogP contribution in [0.1, 0.15) is 19.0 Å². The summed E-state index contributed by atoms with van der Waals surface area (Å²) in [6.45, 7) is 6.66. The second-order valence-corrected chi connectivity index (χ2v) is 5.72. The number of hydrogen-bond donors (Lipinski definition) is 1. The fourth-order valence-electron chi connectivity index (χ4n) is 2.69. The smallest absolute Gasteiger partial charge is 0.317 e. The molecule has 1 unspecified atom stereocenters. The molecule has 5 nitrogen and oxygen atoms in total. The van der Waals surface area contributed by atoms with Crippen LogP contribution >= 0.6 is 0 Å². The number of carbonyl (C=O) groups excluding carboxylic acids is 1. The van der Waals surface area contributed by atoms with Crippen LogP contribution in [0, 0.1) is 5.92 Å². The molecule has 0 aliphatic carbocycles. The van der Waals surface area contributed by atoms with Crippen LogP contribution in [0.25, 0.3) is 0 Å². The summed E-state index contributed by atoms with van der Waals surface area (Å²) in [5, 5.41) is 3.01. The summed E-state index contributed by atoms with van der Waals surface area (Å²) in [6, 6.07) is 4.09. The van der Waals surface area contributed by atoms with Gasteiger partial charge in [-0.15, -0.1) is 0 Å². The zero-order valence-corrected chi connectivity index (χ0v) is 12.8.